The third kappa shape index (κ3) is 29.4. The maximum atomic E-state index is 3.48. The highest BCUT2D eigenvalue weighted by Crippen LogP contribution is 1.90. The zero-order chi connectivity index (χ0) is 7.54. The van der Waals surface area contributed by atoms with Gasteiger partial charge in [-0.15, -0.1) is 6.58 Å². The first-order valence-corrected chi connectivity index (χ1v) is 5.02. The summed E-state index contributed by atoms with van der Waals surface area (Å²) < 4.78 is 1.31. The molecule has 0 unspecified atom stereocenters. The van der Waals surface area contributed by atoms with Gasteiger partial charge in [0.15, 0.2) is 0 Å². The molecule has 0 atom stereocenters. The topological polar surface area (TPSA) is 0 Å². The largest absolute Gasteiger partial charge is 0.103 e. The molecule has 0 bridgehead atoms. The zero-order valence-corrected chi connectivity index (χ0v) is 8.65. The second-order valence-electron chi connectivity index (χ2n) is 1.74. The van der Waals surface area contributed by atoms with Gasteiger partial charge in [0.2, 0.25) is 0 Å². The van der Waals surface area contributed by atoms with Crippen molar-refractivity contribution in [3.63, 3.8) is 0 Å². The van der Waals surface area contributed by atoms with Crippen LogP contribution in [0.4, 0.5) is 0 Å². The highest BCUT2D eigenvalue weighted by atomic mass is 127. The van der Waals surface area contributed by atoms with Gasteiger partial charge in [-0.3, -0.25) is 0 Å². The van der Waals surface area contributed by atoms with Gasteiger partial charge in [0, 0.05) is 0 Å². The number of alkyl halides is 1. The van der Waals surface area contributed by atoms with E-state index >= 15 is 0 Å². The summed E-state index contributed by atoms with van der Waals surface area (Å²) >= 11 is 2.39. The fraction of sp³-hybridized carbons (Fsp3) is 0.750. The summed E-state index contributed by atoms with van der Waals surface area (Å²) in [6.07, 6.45) is 5.67. The van der Waals surface area contributed by atoms with Crippen LogP contribution >= 0.6 is 22.6 Å². The Bertz CT molecular complexity index is 39.8. The van der Waals surface area contributed by atoms with E-state index in [1.807, 2.05) is 6.08 Å². The summed E-state index contributed by atoms with van der Waals surface area (Å²) in [5, 5.41) is 0. The minimum Gasteiger partial charge on any atom is -0.103 e. The third-order valence-electron chi connectivity index (χ3n) is 0.776. The van der Waals surface area contributed by atoms with Gasteiger partial charge in [0.25, 0.3) is 0 Å². The summed E-state index contributed by atoms with van der Waals surface area (Å²) in [5.41, 5.74) is 0. The van der Waals surface area contributed by atoms with Gasteiger partial charge in [-0.25, -0.2) is 0 Å². The molecular formula is C8H17I. The minimum atomic E-state index is 1.08. The predicted molar refractivity (Wildman–Crippen MR) is 54.3 cm³/mol. The third-order valence-corrected chi connectivity index (χ3v) is 1.54. The van der Waals surface area contributed by atoms with E-state index in [4.69, 9.17) is 0 Å². The molecule has 0 aliphatic rings. The second-order valence-corrected chi connectivity index (χ2v) is 2.82. The van der Waals surface area contributed by atoms with Crippen LogP contribution in [0.5, 0.6) is 0 Å². The number of unbranched alkanes of at least 4 members (excludes halogenated alkanes) is 1. The molecule has 0 rings (SSSR count). The predicted octanol–water partition coefficient (Wildman–Crippen LogP) is 3.80. The van der Waals surface area contributed by atoms with Crippen molar-refractivity contribution < 1.29 is 0 Å². The summed E-state index contributed by atoms with van der Waals surface area (Å²) in [5.74, 6) is 0. The first-order chi connectivity index (χ1) is 4.33. The Morgan fingerprint density at radius 1 is 1.44 bits per heavy atom. The normalized spacial score (nSPS) is 7.44. The van der Waals surface area contributed by atoms with Crippen molar-refractivity contribution in [1.29, 1.82) is 0 Å². The SMILES string of the molecule is C=CCC.CCCCI. The molecule has 0 fully saturated rings. The van der Waals surface area contributed by atoms with Crippen LogP contribution < -0.4 is 0 Å². The number of hydrogen-bond acceptors (Lipinski definition) is 0. The maximum absolute atomic E-state index is 3.48. The lowest BCUT2D eigenvalue weighted by Gasteiger charge is -1.77. The minimum absolute atomic E-state index is 1.08. The summed E-state index contributed by atoms with van der Waals surface area (Å²) in [6, 6.07) is 0. The van der Waals surface area contributed by atoms with E-state index in [-0.39, 0.29) is 0 Å². The number of allylic oxidation sites excluding steroid dienone is 1. The molecule has 0 aromatic rings. The summed E-state index contributed by atoms with van der Waals surface area (Å²) in [4.78, 5) is 0. The lowest BCUT2D eigenvalue weighted by molar-refractivity contribution is 0.907. The van der Waals surface area contributed by atoms with Gasteiger partial charge in [0.1, 0.15) is 0 Å². The lowest BCUT2D eigenvalue weighted by Crippen LogP contribution is -1.64. The van der Waals surface area contributed by atoms with Crippen molar-refractivity contribution in [2.24, 2.45) is 0 Å². The molecule has 0 saturated heterocycles. The fourth-order valence-corrected chi connectivity index (χ4v) is 0.896. The molecule has 0 aromatic heterocycles. The average molecular weight is 240 g/mol. The van der Waals surface area contributed by atoms with E-state index in [1.54, 1.807) is 0 Å². The van der Waals surface area contributed by atoms with Crippen LogP contribution in [0.2, 0.25) is 0 Å². The van der Waals surface area contributed by atoms with Crippen LogP contribution in [0.15, 0.2) is 12.7 Å². The van der Waals surface area contributed by atoms with Gasteiger partial charge in [-0.2, -0.15) is 0 Å². The van der Waals surface area contributed by atoms with Crippen LogP contribution in [0.3, 0.4) is 0 Å². The molecule has 0 aliphatic carbocycles. The van der Waals surface area contributed by atoms with Crippen LogP contribution in [-0.4, -0.2) is 4.43 Å². The highest BCUT2D eigenvalue weighted by molar-refractivity contribution is 14.1. The van der Waals surface area contributed by atoms with Gasteiger partial charge < -0.3 is 0 Å². The van der Waals surface area contributed by atoms with E-state index in [0.717, 1.165) is 6.42 Å². The van der Waals surface area contributed by atoms with Gasteiger partial charge in [-0.05, 0) is 17.3 Å². The van der Waals surface area contributed by atoms with E-state index < -0.39 is 0 Å². The Hall–Kier alpha value is 0.470. The van der Waals surface area contributed by atoms with Crippen molar-refractivity contribution in [1.82, 2.24) is 0 Å². The molecule has 0 radical (unpaired) electrons. The van der Waals surface area contributed by atoms with Gasteiger partial charge in [0.05, 0.1) is 0 Å². The molecule has 0 N–H and O–H groups in total. The second kappa shape index (κ2) is 15.8. The van der Waals surface area contributed by atoms with Crippen LogP contribution in [0.1, 0.15) is 33.1 Å². The van der Waals surface area contributed by atoms with Crippen molar-refractivity contribution in [3.05, 3.63) is 12.7 Å². The van der Waals surface area contributed by atoms with Crippen molar-refractivity contribution in [2.45, 2.75) is 33.1 Å². The van der Waals surface area contributed by atoms with E-state index in [9.17, 15) is 0 Å². The summed E-state index contributed by atoms with van der Waals surface area (Å²) in [7, 11) is 0. The monoisotopic (exact) mass is 240 g/mol. The molecule has 0 heterocycles. The van der Waals surface area contributed by atoms with Crippen molar-refractivity contribution in [2.75, 3.05) is 4.43 Å². The van der Waals surface area contributed by atoms with E-state index in [0.29, 0.717) is 0 Å². The standard InChI is InChI=1S/C4H9I.C4H8/c1-2-3-4-5;1-3-4-2/h2-4H2,1H3;3H,1,4H2,2H3. The Morgan fingerprint density at radius 2 is 1.89 bits per heavy atom. The van der Waals surface area contributed by atoms with E-state index in [2.05, 4.69) is 43.0 Å². The number of hydrogen-bond donors (Lipinski definition) is 0. The number of rotatable bonds is 3. The van der Waals surface area contributed by atoms with Crippen LogP contribution in [-0.2, 0) is 0 Å². The maximum Gasteiger partial charge on any atom is -0.000483 e. The number of halogens is 1. The van der Waals surface area contributed by atoms with Gasteiger partial charge >= 0.3 is 0 Å². The molecule has 0 aromatic carbocycles. The molecule has 1 heteroatoms. The quantitative estimate of drug-likeness (QED) is 0.400. The highest BCUT2D eigenvalue weighted by Gasteiger charge is 1.69. The molecule has 56 valence electrons. The van der Waals surface area contributed by atoms with Gasteiger partial charge in [-0.1, -0.05) is 48.9 Å². The van der Waals surface area contributed by atoms with E-state index in [1.165, 1.54) is 17.3 Å². The molecule has 0 amide bonds. The Kier molecular flexibility index (Phi) is 21.4. The van der Waals surface area contributed by atoms with Crippen LogP contribution in [0, 0.1) is 0 Å². The fourth-order valence-electron chi connectivity index (χ4n) is 0.134. The Labute approximate surface area is 72.9 Å². The Morgan fingerprint density at radius 3 is 1.89 bits per heavy atom. The molecular weight excluding hydrogens is 223 g/mol. The van der Waals surface area contributed by atoms with Crippen molar-refractivity contribution >= 4 is 22.6 Å². The van der Waals surface area contributed by atoms with Crippen LogP contribution in [0.25, 0.3) is 0 Å². The first kappa shape index (κ1) is 12.2. The molecule has 9 heavy (non-hydrogen) atoms. The molecule has 0 spiro atoms. The lowest BCUT2D eigenvalue weighted by atomic mass is 10.4. The van der Waals surface area contributed by atoms with Crippen molar-refractivity contribution in [3.8, 4) is 0 Å². The molecule has 0 saturated carbocycles. The molecule has 0 nitrogen and oxygen atoms in total. The Balaban J connectivity index is 0. The molecule has 0 aliphatic heterocycles. The summed E-state index contributed by atoms with van der Waals surface area (Å²) in [6.45, 7) is 7.75. The average Bonchev–Trinajstić information content (AvgIpc) is 1.91. The zero-order valence-electron chi connectivity index (χ0n) is 6.49. The smallest absolute Gasteiger partial charge is 0.000483 e. The first-order valence-electron chi connectivity index (χ1n) is 3.50.